The van der Waals surface area contributed by atoms with Crippen molar-refractivity contribution in [1.82, 2.24) is 15.4 Å². The molecule has 3 N–H and O–H groups in total. The van der Waals surface area contributed by atoms with E-state index in [1.807, 2.05) is 13.0 Å². The van der Waals surface area contributed by atoms with Gasteiger partial charge >= 0.3 is 0 Å². The van der Waals surface area contributed by atoms with E-state index in [0.29, 0.717) is 32.0 Å². The zero-order chi connectivity index (χ0) is 17.1. The third-order valence-corrected chi connectivity index (χ3v) is 4.43. The molecule has 0 bridgehead atoms. The molecule has 0 saturated carbocycles. The molecule has 0 fully saturated rings. The Kier molecular flexibility index (Phi) is 11.9. The highest BCUT2D eigenvalue weighted by molar-refractivity contribution is 14.0. The summed E-state index contributed by atoms with van der Waals surface area (Å²) in [6, 6.07) is 6.48. The molecule has 0 aliphatic carbocycles. The van der Waals surface area contributed by atoms with E-state index in [0.717, 1.165) is 5.56 Å². The summed E-state index contributed by atoms with van der Waals surface area (Å²) >= 11 is 0. The third kappa shape index (κ3) is 10.0. The zero-order valence-electron chi connectivity index (χ0n) is 14.0. The lowest BCUT2D eigenvalue weighted by atomic mass is 10.1. The largest absolute Gasteiger partial charge is 0.357 e. The van der Waals surface area contributed by atoms with Gasteiger partial charge in [0.15, 0.2) is 5.96 Å². The molecule has 6 nitrogen and oxygen atoms in total. The molecule has 0 aliphatic rings. The van der Waals surface area contributed by atoms with Gasteiger partial charge in [0.2, 0.25) is 10.0 Å². The van der Waals surface area contributed by atoms with Crippen LogP contribution in [-0.2, 0) is 16.4 Å². The van der Waals surface area contributed by atoms with Gasteiger partial charge in [-0.25, -0.2) is 17.5 Å². The van der Waals surface area contributed by atoms with Crippen molar-refractivity contribution < 1.29 is 12.8 Å². The van der Waals surface area contributed by atoms with Crippen LogP contribution in [0.5, 0.6) is 0 Å². The van der Waals surface area contributed by atoms with Gasteiger partial charge in [0.05, 0.1) is 12.3 Å². The molecular formula is C15H26FIN4O2S. The zero-order valence-corrected chi connectivity index (χ0v) is 17.2. The normalized spacial score (nSPS) is 11.7. The van der Waals surface area contributed by atoms with Crippen LogP contribution < -0.4 is 15.4 Å². The van der Waals surface area contributed by atoms with Crippen molar-refractivity contribution in [1.29, 1.82) is 0 Å². The van der Waals surface area contributed by atoms with Gasteiger partial charge in [-0.3, -0.25) is 4.99 Å². The summed E-state index contributed by atoms with van der Waals surface area (Å²) in [5.41, 5.74) is 0.907. The van der Waals surface area contributed by atoms with Crippen molar-refractivity contribution in [2.45, 2.75) is 20.3 Å². The smallest absolute Gasteiger partial charge is 0.211 e. The van der Waals surface area contributed by atoms with Gasteiger partial charge in [-0.1, -0.05) is 12.1 Å². The number of benzene rings is 1. The lowest BCUT2D eigenvalue weighted by Crippen LogP contribution is -2.39. The lowest BCUT2D eigenvalue weighted by molar-refractivity contribution is 0.583. The van der Waals surface area contributed by atoms with E-state index in [2.05, 4.69) is 20.3 Å². The molecule has 1 rings (SSSR count). The van der Waals surface area contributed by atoms with Crippen LogP contribution in [0.3, 0.4) is 0 Å². The molecular weight excluding hydrogens is 446 g/mol. The minimum Gasteiger partial charge on any atom is -0.357 e. The van der Waals surface area contributed by atoms with Gasteiger partial charge in [0, 0.05) is 19.6 Å². The fourth-order valence-electron chi connectivity index (χ4n) is 1.83. The second-order valence-corrected chi connectivity index (χ2v) is 6.96. The second kappa shape index (κ2) is 12.4. The van der Waals surface area contributed by atoms with E-state index in [1.54, 1.807) is 13.0 Å². The maximum Gasteiger partial charge on any atom is 0.211 e. The molecule has 1 aromatic rings. The highest BCUT2D eigenvalue weighted by Gasteiger charge is 2.04. The Morgan fingerprint density at radius 2 is 1.96 bits per heavy atom. The molecule has 0 atom stereocenters. The van der Waals surface area contributed by atoms with Crippen LogP contribution >= 0.6 is 24.0 Å². The maximum absolute atomic E-state index is 13.1. The van der Waals surface area contributed by atoms with E-state index < -0.39 is 10.0 Å². The van der Waals surface area contributed by atoms with Gasteiger partial charge in [-0.2, -0.15) is 0 Å². The minimum absolute atomic E-state index is 0. The molecule has 0 unspecified atom stereocenters. The average molecular weight is 472 g/mol. The Morgan fingerprint density at radius 1 is 1.21 bits per heavy atom. The van der Waals surface area contributed by atoms with Crippen LogP contribution in [0.1, 0.15) is 19.4 Å². The van der Waals surface area contributed by atoms with Crippen molar-refractivity contribution in [2.75, 3.05) is 31.9 Å². The number of halogens is 2. The quantitative estimate of drug-likeness (QED) is 0.220. The first-order valence-corrected chi connectivity index (χ1v) is 9.36. The van der Waals surface area contributed by atoms with Crippen LogP contribution in [0.2, 0.25) is 0 Å². The summed E-state index contributed by atoms with van der Waals surface area (Å²) in [5.74, 6) is 0.425. The Hall–Kier alpha value is -0.940. The Balaban J connectivity index is 0.00000529. The van der Waals surface area contributed by atoms with Crippen molar-refractivity contribution in [2.24, 2.45) is 4.99 Å². The van der Waals surface area contributed by atoms with Crippen molar-refractivity contribution in [3.63, 3.8) is 0 Å². The summed E-state index contributed by atoms with van der Waals surface area (Å²) in [5, 5.41) is 6.22. The third-order valence-electron chi connectivity index (χ3n) is 3.02. The average Bonchev–Trinajstić information content (AvgIpc) is 2.51. The fraction of sp³-hybridized carbons (Fsp3) is 0.533. The monoisotopic (exact) mass is 472 g/mol. The molecule has 0 amide bonds. The number of guanidine groups is 1. The van der Waals surface area contributed by atoms with Crippen LogP contribution in [0.15, 0.2) is 29.3 Å². The van der Waals surface area contributed by atoms with Crippen LogP contribution in [0, 0.1) is 5.82 Å². The van der Waals surface area contributed by atoms with E-state index in [1.165, 1.54) is 12.1 Å². The maximum atomic E-state index is 13.1. The molecule has 138 valence electrons. The summed E-state index contributed by atoms with van der Waals surface area (Å²) < 4.78 is 38.2. The number of nitrogens with zero attached hydrogens (tertiary/aromatic N) is 1. The summed E-state index contributed by atoms with van der Waals surface area (Å²) in [4.78, 5) is 4.29. The number of rotatable bonds is 9. The Labute approximate surface area is 160 Å². The van der Waals surface area contributed by atoms with E-state index in [4.69, 9.17) is 0 Å². The standard InChI is InChI=1S/C15H25FN4O2S.HI/c1-3-17-15(19-10-11-20-23(21,22)4-2)18-9-8-13-6-5-7-14(16)12-13;/h5-7,12,20H,3-4,8-11H2,1-2H3,(H2,17,18,19);1H. The molecule has 1 aromatic carbocycles. The second-order valence-electron chi connectivity index (χ2n) is 4.87. The molecule has 0 radical (unpaired) electrons. The van der Waals surface area contributed by atoms with Gasteiger partial charge in [-0.15, -0.1) is 24.0 Å². The number of hydrogen-bond acceptors (Lipinski definition) is 3. The minimum atomic E-state index is -3.18. The first-order chi connectivity index (χ1) is 11.0. The van der Waals surface area contributed by atoms with Crippen molar-refractivity contribution >= 4 is 40.0 Å². The van der Waals surface area contributed by atoms with E-state index >= 15 is 0 Å². The predicted molar refractivity (Wildman–Crippen MR) is 107 cm³/mol. The van der Waals surface area contributed by atoms with Crippen molar-refractivity contribution in [3.05, 3.63) is 35.6 Å². The lowest BCUT2D eigenvalue weighted by Gasteiger charge is -2.11. The summed E-state index contributed by atoms with van der Waals surface area (Å²) in [7, 11) is -3.18. The molecule has 0 saturated heterocycles. The Bertz CT molecular complexity index is 611. The summed E-state index contributed by atoms with van der Waals surface area (Å²) in [6.07, 6.45) is 0.671. The first-order valence-electron chi connectivity index (χ1n) is 7.70. The molecule has 0 heterocycles. The van der Waals surface area contributed by atoms with Gasteiger partial charge in [-0.05, 0) is 38.0 Å². The van der Waals surface area contributed by atoms with E-state index in [9.17, 15) is 12.8 Å². The van der Waals surface area contributed by atoms with E-state index in [-0.39, 0.29) is 42.1 Å². The molecule has 0 spiro atoms. The van der Waals surface area contributed by atoms with Crippen LogP contribution in [0.4, 0.5) is 4.39 Å². The molecule has 0 aromatic heterocycles. The van der Waals surface area contributed by atoms with Crippen LogP contribution in [0.25, 0.3) is 0 Å². The Morgan fingerprint density at radius 3 is 2.58 bits per heavy atom. The topological polar surface area (TPSA) is 82.6 Å². The first kappa shape index (κ1) is 23.1. The van der Waals surface area contributed by atoms with Gasteiger partial charge < -0.3 is 10.6 Å². The van der Waals surface area contributed by atoms with Gasteiger partial charge in [0.1, 0.15) is 5.82 Å². The number of hydrogen-bond donors (Lipinski definition) is 3. The predicted octanol–water partition coefficient (Wildman–Crippen LogP) is 1.48. The molecule has 24 heavy (non-hydrogen) atoms. The molecule has 0 aliphatic heterocycles. The molecule has 9 heteroatoms. The number of sulfonamides is 1. The van der Waals surface area contributed by atoms with Crippen LogP contribution in [-0.4, -0.2) is 46.3 Å². The summed E-state index contributed by atoms with van der Waals surface area (Å²) in [6.45, 7) is 5.45. The number of aliphatic imine (C=N–C) groups is 1. The highest BCUT2D eigenvalue weighted by atomic mass is 127. The number of nitrogens with one attached hydrogen (secondary N) is 3. The fourth-order valence-corrected chi connectivity index (χ4v) is 2.44. The van der Waals surface area contributed by atoms with Crippen molar-refractivity contribution in [3.8, 4) is 0 Å². The highest BCUT2D eigenvalue weighted by Crippen LogP contribution is 2.03. The van der Waals surface area contributed by atoms with Gasteiger partial charge in [0.25, 0.3) is 0 Å². The SMILES string of the molecule is CCNC(=NCCNS(=O)(=O)CC)NCCc1cccc(F)c1.I.